The second-order valence-electron chi connectivity index (χ2n) is 6.98. The lowest BCUT2D eigenvalue weighted by molar-refractivity contribution is -0.192. The maximum atomic E-state index is 14.2. The van der Waals surface area contributed by atoms with E-state index in [0.717, 1.165) is 32.0 Å². The van der Waals surface area contributed by atoms with Crippen molar-refractivity contribution in [2.75, 3.05) is 33.3 Å². The third-order valence-electron chi connectivity index (χ3n) is 4.95. The Labute approximate surface area is 175 Å². The Hall–Kier alpha value is -2.89. The fourth-order valence-electron chi connectivity index (χ4n) is 3.33. The van der Waals surface area contributed by atoms with Crippen molar-refractivity contribution in [1.82, 2.24) is 15.1 Å². The molecule has 1 aromatic rings. The highest BCUT2D eigenvalue weighted by atomic mass is 19.4. The van der Waals surface area contributed by atoms with Gasteiger partial charge in [0.05, 0.1) is 19.2 Å². The summed E-state index contributed by atoms with van der Waals surface area (Å²) < 4.78 is 50.5. The number of carbonyl (C=O) groups excluding carboxylic acids is 2. The summed E-state index contributed by atoms with van der Waals surface area (Å²) in [6.45, 7) is 3.36. The Morgan fingerprint density at radius 3 is 2.35 bits per heavy atom. The van der Waals surface area contributed by atoms with Crippen LogP contribution in [0.15, 0.2) is 18.2 Å². The largest absolute Gasteiger partial charge is 0.490 e. The van der Waals surface area contributed by atoms with Crippen LogP contribution in [0.4, 0.5) is 22.4 Å². The predicted octanol–water partition coefficient (Wildman–Crippen LogP) is 2.24. The smallest absolute Gasteiger partial charge is 0.475 e. The summed E-state index contributed by atoms with van der Waals surface area (Å²) in [7, 11) is 1.26. The van der Waals surface area contributed by atoms with Crippen LogP contribution in [0.25, 0.3) is 0 Å². The molecule has 172 valence electrons. The first kappa shape index (κ1) is 24.4. The number of carbonyl (C=O) groups is 3. The van der Waals surface area contributed by atoms with E-state index in [0.29, 0.717) is 18.7 Å². The number of carboxylic acids is 1. The predicted molar refractivity (Wildman–Crippen MR) is 99.8 cm³/mol. The Morgan fingerprint density at radius 2 is 1.84 bits per heavy atom. The number of benzene rings is 1. The van der Waals surface area contributed by atoms with Crippen molar-refractivity contribution in [3.05, 3.63) is 35.1 Å². The molecule has 2 fully saturated rings. The van der Waals surface area contributed by atoms with Crippen LogP contribution in [0.3, 0.4) is 0 Å². The number of rotatable bonds is 4. The lowest BCUT2D eigenvalue weighted by Gasteiger charge is -2.31. The zero-order valence-electron chi connectivity index (χ0n) is 16.7. The van der Waals surface area contributed by atoms with Gasteiger partial charge in [-0.1, -0.05) is 6.07 Å². The Bertz CT molecular complexity index is 812. The quantitative estimate of drug-likeness (QED) is 0.541. The minimum absolute atomic E-state index is 0.0293. The molecule has 0 atom stereocenters. The number of nitrogens with zero attached hydrogens (tertiary/aromatic N) is 2. The molecule has 3 rings (SSSR count). The fraction of sp³-hybridized carbons (Fsp3) is 0.526. The molecular formula is C19H23F4N3O5. The van der Waals surface area contributed by atoms with Gasteiger partial charge in [0, 0.05) is 24.7 Å². The van der Waals surface area contributed by atoms with Gasteiger partial charge >= 0.3 is 24.1 Å². The molecule has 0 bridgehead atoms. The minimum atomic E-state index is -5.08. The number of esters is 1. The number of aliphatic carboxylic acids is 1. The second kappa shape index (κ2) is 10.4. The lowest BCUT2D eigenvalue weighted by Crippen LogP contribution is -2.45. The zero-order chi connectivity index (χ0) is 23.2. The van der Waals surface area contributed by atoms with E-state index in [4.69, 9.17) is 9.90 Å². The first-order valence-electron chi connectivity index (χ1n) is 9.47. The third-order valence-corrected chi connectivity index (χ3v) is 4.95. The first-order valence-corrected chi connectivity index (χ1v) is 9.47. The maximum Gasteiger partial charge on any atom is 0.490 e. The number of amides is 2. The highest BCUT2D eigenvalue weighted by molar-refractivity contribution is 5.89. The van der Waals surface area contributed by atoms with E-state index in [9.17, 15) is 27.2 Å². The average molecular weight is 449 g/mol. The van der Waals surface area contributed by atoms with Gasteiger partial charge in [-0.05, 0) is 38.1 Å². The number of methoxy groups -OCH3 is 1. The van der Waals surface area contributed by atoms with Crippen molar-refractivity contribution in [3.63, 3.8) is 0 Å². The van der Waals surface area contributed by atoms with Gasteiger partial charge in [0.1, 0.15) is 5.82 Å². The van der Waals surface area contributed by atoms with Crippen LogP contribution >= 0.6 is 0 Å². The molecule has 2 amide bonds. The summed E-state index contributed by atoms with van der Waals surface area (Å²) >= 11 is 0. The van der Waals surface area contributed by atoms with Gasteiger partial charge in [0.2, 0.25) is 0 Å². The van der Waals surface area contributed by atoms with E-state index in [2.05, 4.69) is 10.1 Å². The lowest BCUT2D eigenvalue weighted by atomic mass is 10.1. The SMILES string of the molecule is COC(=O)c1ccc(CN2CCN(C3CCNCC3)C2=O)c(F)c1.O=C(O)C(F)(F)F. The van der Waals surface area contributed by atoms with Crippen molar-refractivity contribution in [2.24, 2.45) is 0 Å². The van der Waals surface area contributed by atoms with E-state index in [1.165, 1.54) is 13.2 Å². The summed E-state index contributed by atoms with van der Waals surface area (Å²) in [5, 5.41) is 10.4. The third kappa shape index (κ3) is 6.54. The number of urea groups is 1. The van der Waals surface area contributed by atoms with Gasteiger partial charge in [-0.3, -0.25) is 0 Å². The Kier molecular flexibility index (Phi) is 8.20. The molecular weight excluding hydrogens is 426 g/mol. The van der Waals surface area contributed by atoms with Gasteiger partial charge in [0.15, 0.2) is 0 Å². The number of hydrogen-bond acceptors (Lipinski definition) is 5. The van der Waals surface area contributed by atoms with Crippen LogP contribution in [0.2, 0.25) is 0 Å². The van der Waals surface area contributed by atoms with Gasteiger partial charge in [-0.2, -0.15) is 13.2 Å². The van der Waals surface area contributed by atoms with E-state index in [-0.39, 0.29) is 24.2 Å². The van der Waals surface area contributed by atoms with Gasteiger partial charge < -0.3 is 25.0 Å². The van der Waals surface area contributed by atoms with E-state index >= 15 is 0 Å². The number of hydrogen-bond donors (Lipinski definition) is 2. The second-order valence-corrected chi connectivity index (χ2v) is 6.98. The number of halogens is 4. The van der Waals surface area contributed by atoms with Crippen LogP contribution in [0, 0.1) is 5.82 Å². The molecule has 0 aromatic heterocycles. The topological polar surface area (TPSA) is 99.2 Å². The van der Waals surface area contributed by atoms with E-state index in [1.807, 2.05) is 4.90 Å². The van der Waals surface area contributed by atoms with Crippen LogP contribution in [-0.4, -0.2) is 78.4 Å². The number of ether oxygens (including phenoxy) is 1. The molecule has 0 saturated carbocycles. The summed E-state index contributed by atoms with van der Waals surface area (Å²) in [6.07, 6.45) is -3.16. The van der Waals surface area contributed by atoms with Crippen molar-refractivity contribution >= 4 is 18.0 Å². The maximum absolute atomic E-state index is 14.2. The molecule has 0 aliphatic carbocycles. The number of alkyl halides is 3. The molecule has 2 saturated heterocycles. The average Bonchev–Trinajstić information content (AvgIpc) is 3.09. The molecule has 2 aliphatic rings. The first-order chi connectivity index (χ1) is 14.5. The zero-order valence-corrected chi connectivity index (χ0v) is 16.7. The van der Waals surface area contributed by atoms with Crippen molar-refractivity contribution in [1.29, 1.82) is 0 Å². The number of piperidine rings is 1. The van der Waals surface area contributed by atoms with Gasteiger partial charge in [0.25, 0.3) is 0 Å². The fourth-order valence-corrected chi connectivity index (χ4v) is 3.33. The molecule has 0 spiro atoms. The molecule has 2 N–H and O–H groups in total. The Morgan fingerprint density at radius 1 is 1.23 bits per heavy atom. The van der Waals surface area contributed by atoms with E-state index < -0.39 is 23.9 Å². The molecule has 31 heavy (non-hydrogen) atoms. The monoisotopic (exact) mass is 449 g/mol. The van der Waals surface area contributed by atoms with Crippen LogP contribution in [0.1, 0.15) is 28.8 Å². The number of nitrogens with one attached hydrogen (secondary N) is 1. The molecule has 1 aromatic carbocycles. The molecule has 0 radical (unpaired) electrons. The van der Waals surface area contributed by atoms with E-state index in [1.54, 1.807) is 11.0 Å². The van der Waals surface area contributed by atoms with Gasteiger partial charge in [-0.25, -0.2) is 18.8 Å². The Balaban J connectivity index is 0.000000423. The summed E-state index contributed by atoms with van der Waals surface area (Å²) in [5.74, 6) is -3.83. The molecule has 0 unspecified atom stereocenters. The molecule has 2 heterocycles. The minimum Gasteiger partial charge on any atom is -0.475 e. The summed E-state index contributed by atoms with van der Waals surface area (Å²) in [4.78, 5) is 36.5. The van der Waals surface area contributed by atoms with Crippen LogP contribution in [-0.2, 0) is 16.1 Å². The van der Waals surface area contributed by atoms with Crippen molar-refractivity contribution < 1.29 is 41.8 Å². The van der Waals surface area contributed by atoms with Crippen LogP contribution in [0.5, 0.6) is 0 Å². The van der Waals surface area contributed by atoms with Crippen molar-refractivity contribution in [2.45, 2.75) is 31.6 Å². The number of carboxylic acid groups (broad SMARTS) is 1. The highest BCUT2D eigenvalue weighted by Gasteiger charge is 2.38. The van der Waals surface area contributed by atoms with Crippen LogP contribution < -0.4 is 5.32 Å². The standard InChI is InChI=1S/C17H22FN3O3.C2HF3O2/c1-24-16(22)12-2-3-13(15(18)10-12)11-20-8-9-21(17(20)23)14-4-6-19-7-5-14;3-2(4,5)1(6)7/h2-3,10,14,19H,4-9,11H2,1H3;(H,6,7). The van der Waals surface area contributed by atoms with Crippen molar-refractivity contribution in [3.8, 4) is 0 Å². The summed E-state index contributed by atoms with van der Waals surface area (Å²) in [6, 6.07) is 4.47. The highest BCUT2D eigenvalue weighted by Crippen LogP contribution is 2.22. The molecule has 8 nitrogen and oxygen atoms in total. The van der Waals surface area contributed by atoms with Gasteiger partial charge in [-0.15, -0.1) is 0 Å². The summed E-state index contributed by atoms with van der Waals surface area (Å²) in [5.41, 5.74) is 0.575. The normalized spacial score (nSPS) is 17.3. The molecule has 2 aliphatic heterocycles. The molecule has 12 heteroatoms.